The third-order valence-corrected chi connectivity index (χ3v) is 9.10. The van der Waals surface area contributed by atoms with Gasteiger partial charge >= 0.3 is 0 Å². The van der Waals surface area contributed by atoms with Gasteiger partial charge in [-0.15, -0.1) is 0 Å². The molecule has 0 radical (unpaired) electrons. The highest BCUT2D eigenvalue weighted by molar-refractivity contribution is 6.23. The molecule has 1 atom stereocenters. The third-order valence-electron chi connectivity index (χ3n) is 9.10. The summed E-state index contributed by atoms with van der Waals surface area (Å²) in [6.07, 6.45) is 2.80. The largest absolute Gasteiger partial charge is 0.493 e. The summed E-state index contributed by atoms with van der Waals surface area (Å²) in [4.78, 5) is 63.9. The van der Waals surface area contributed by atoms with Gasteiger partial charge in [-0.1, -0.05) is 18.2 Å². The molecule has 1 saturated heterocycles. The Balaban J connectivity index is 1.05. The van der Waals surface area contributed by atoms with Gasteiger partial charge in [0.15, 0.2) is 18.1 Å². The zero-order valence-corrected chi connectivity index (χ0v) is 31.1. The van der Waals surface area contributed by atoms with E-state index in [0.29, 0.717) is 22.9 Å². The second-order valence-electron chi connectivity index (χ2n) is 14.5. The molecule has 0 aliphatic carbocycles. The fraction of sp³-hybridized carbons (Fsp3) is 0.425. The van der Waals surface area contributed by atoms with Crippen molar-refractivity contribution < 1.29 is 42.9 Å². The summed E-state index contributed by atoms with van der Waals surface area (Å²) < 4.78 is 22.7. The molecule has 3 aromatic rings. The number of imide groups is 2. The molecule has 3 aromatic carbocycles. The van der Waals surface area contributed by atoms with Crippen molar-refractivity contribution >= 4 is 35.2 Å². The van der Waals surface area contributed by atoms with Gasteiger partial charge in [0.25, 0.3) is 17.7 Å². The van der Waals surface area contributed by atoms with Crippen LogP contribution in [-0.4, -0.2) is 85.6 Å². The van der Waals surface area contributed by atoms with E-state index in [1.165, 1.54) is 0 Å². The van der Waals surface area contributed by atoms with Crippen molar-refractivity contribution in [2.75, 3.05) is 39.3 Å². The Labute approximate surface area is 309 Å². The molecule has 0 aromatic heterocycles. The van der Waals surface area contributed by atoms with Gasteiger partial charge in [0, 0.05) is 18.7 Å². The van der Waals surface area contributed by atoms with E-state index in [9.17, 15) is 24.0 Å². The van der Waals surface area contributed by atoms with Crippen molar-refractivity contribution in [2.24, 2.45) is 0 Å². The molecule has 5 amide bonds. The van der Waals surface area contributed by atoms with E-state index in [1.54, 1.807) is 32.4 Å². The first-order valence-corrected chi connectivity index (χ1v) is 17.7. The van der Waals surface area contributed by atoms with Crippen LogP contribution in [0, 0.1) is 0 Å². The number of ether oxygens (including phenoxy) is 4. The van der Waals surface area contributed by atoms with Crippen LogP contribution in [0.15, 0.2) is 60.7 Å². The predicted molar refractivity (Wildman–Crippen MR) is 197 cm³/mol. The highest BCUT2D eigenvalue weighted by Gasteiger charge is 2.44. The van der Waals surface area contributed by atoms with Crippen LogP contribution < -0.4 is 30.2 Å². The van der Waals surface area contributed by atoms with Gasteiger partial charge in [0.05, 0.1) is 43.1 Å². The van der Waals surface area contributed by atoms with Crippen LogP contribution >= 0.6 is 0 Å². The molecule has 5 rings (SSSR count). The molecule has 0 bridgehead atoms. The molecule has 1 fully saturated rings. The fourth-order valence-electron chi connectivity index (χ4n) is 6.24. The number of rotatable bonds is 17. The molecule has 3 N–H and O–H groups in total. The lowest BCUT2D eigenvalue weighted by Crippen LogP contribution is -2.54. The number of nitrogens with zero attached hydrogens (tertiary/aromatic N) is 1. The quantitative estimate of drug-likeness (QED) is 0.169. The van der Waals surface area contributed by atoms with Crippen molar-refractivity contribution in [1.29, 1.82) is 0 Å². The van der Waals surface area contributed by atoms with Crippen LogP contribution in [0.1, 0.15) is 78.8 Å². The van der Waals surface area contributed by atoms with E-state index in [4.69, 9.17) is 18.9 Å². The minimum absolute atomic E-state index is 0.0536. The monoisotopic (exact) mass is 728 g/mol. The number of carbonyl (C=O) groups excluding carboxylic acids is 5. The fourth-order valence-corrected chi connectivity index (χ4v) is 6.24. The molecule has 2 aliphatic heterocycles. The van der Waals surface area contributed by atoms with Gasteiger partial charge in [-0.25, -0.2) is 0 Å². The van der Waals surface area contributed by atoms with Crippen molar-refractivity contribution in [2.45, 2.75) is 77.0 Å². The van der Waals surface area contributed by atoms with Crippen LogP contribution in [0.25, 0.3) is 0 Å². The minimum Gasteiger partial charge on any atom is -0.493 e. The number of nitrogens with one attached hydrogen (secondary N) is 3. The maximum Gasteiger partial charge on any atom is 0.262 e. The van der Waals surface area contributed by atoms with E-state index >= 15 is 0 Å². The van der Waals surface area contributed by atoms with Gasteiger partial charge in [-0.05, 0) is 107 Å². The second kappa shape index (κ2) is 16.5. The summed E-state index contributed by atoms with van der Waals surface area (Å²) in [5, 5.41) is 8.44. The number of aryl methyl sites for hydroxylation is 2. The zero-order chi connectivity index (χ0) is 38.3. The van der Waals surface area contributed by atoms with Crippen molar-refractivity contribution in [3.05, 3.63) is 82.9 Å². The maximum atomic E-state index is 13.2. The summed E-state index contributed by atoms with van der Waals surface area (Å²) in [5.74, 6) is -0.455. The lowest BCUT2D eigenvalue weighted by atomic mass is 10.0. The van der Waals surface area contributed by atoms with Crippen LogP contribution in [0.4, 0.5) is 5.69 Å². The maximum absolute atomic E-state index is 13.2. The standard InChI is InChI=1S/C40H48N4O9/c1-39(2,43-27-14-15-29-30(21-27)38(49)44(37(29)48)31-16-18-34(45)42-36(31)47)24-53-40(3,4)23-41-35(46)22-52-28-12-8-11-25(19-28)9-7-10-26-13-17-32(50-5)33(20-26)51-6/h8,11-15,17,19-21,31,43H,7,9-10,16,18,22-24H2,1-6H3,(H,41,46)(H,42,45,47). The molecule has 13 nitrogen and oxygen atoms in total. The Bertz CT molecular complexity index is 1870. The van der Waals surface area contributed by atoms with Crippen LogP contribution in [0.5, 0.6) is 17.2 Å². The molecular weight excluding hydrogens is 680 g/mol. The highest BCUT2D eigenvalue weighted by atomic mass is 16.5. The van der Waals surface area contributed by atoms with E-state index in [2.05, 4.69) is 16.0 Å². The number of methoxy groups -OCH3 is 2. The van der Waals surface area contributed by atoms with E-state index in [0.717, 1.165) is 35.3 Å². The lowest BCUT2D eigenvalue weighted by molar-refractivity contribution is -0.136. The summed E-state index contributed by atoms with van der Waals surface area (Å²) >= 11 is 0. The lowest BCUT2D eigenvalue weighted by Gasteiger charge is -2.33. The smallest absolute Gasteiger partial charge is 0.262 e. The Morgan fingerprint density at radius 1 is 0.868 bits per heavy atom. The minimum atomic E-state index is -1.03. The van der Waals surface area contributed by atoms with Gasteiger partial charge in [0.2, 0.25) is 11.8 Å². The van der Waals surface area contributed by atoms with E-state index in [1.807, 2.05) is 70.2 Å². The number of carbonyl (C=O) groups is 5. The number of anilines is 1. The second-order valence-corrected chi connectivity index (χ2v) is 14.5. The number of piperidine rings is 1. The Morgan fingerprint density at radius 3 is 2.30 bits per heavy atom. The molecule has 282 valence electrons. The first kappa shape index (κ1) is 38.8. The van der Waals surface area contributed by atoms with Gasteiger partial charge < -0.3 is 29.6 Å². The van der Waals surface area contributed by atoms with Crippen LogP contribution in [0.3, 0.4) is 0 Å². The SMILES string of the molecule is COc1ccc(CCCc2cccc(OCC(=O)NCC(C)(C)OCC(C)(C)Nc3ccc4c(c3)C(=O)N(C3CCC(=O)NC3=O)C4=O)c2)cc1OC. The third kappa shape index (κ3) is 9.92. The van der Waals surface area contributed by atoms with Gasteiger partial charge in [0.1, 0.15) is 11.8 Å². The predicted octanol–water partition coefficient (Wildman–Crippen LogP) is 4.46. The summed E-state index contributed by atoms with van der Waals surface area (Å²) in [5.41, 5.74) is 1.93. The van der Waals surface area contributed by atoms with Crippen molar-refractivity contribution in [3.8, 4) is 17.2 Å². The van der Waals surface area contributed by atoms with Gasteiger partial charge in [-0.2, -0.15) is 0 Å². The number of hydrogen-bond acceptors (Lipinski definition) is 10. The van der Waals surface area contributed by atoms with Crippen molar-refractivity contribution in [1.82, 2.24) is 15.5 Å². The van der Waals surface area contributed by atoms with Crippen molar-refractivity contribution in [3.63, 3.8) is 0 Å². The normalized spacial score (nSPS) is 15.9. The highest BCUT2D eigenvalue weighted by Crippen LogP contribution is 2.31. The summed E-state index contributed by atoms with van der Waals surface area (Å²) in [6, 6.07) is 17.5. The number of hydrogen-bond donors (Lipinski definition) is 3. The first-order chi connectivity index (χ1) is 25.2. The van der Waals surface area contributed by atoms with E-state index in [-0.39, 0.29) is 49.6 Å². The molecule has 53 heavy (non-hydrogen) atoms. The van der Waals surface area contributed by atoms with Crippen LogP contribution in [0.2, 0.25) is 0 Å². The average Bonchev–Trinajstić information content (AvgIpc) is 3.37. The number of fused-ring (bicyclic) bond motifs is 1. The molecule has 1 unspecified atom stereocenters. The molecule has 2 heterocycles. The molecule has 13 heteroatoms. The molecule has 0 spiro atoms. The summed E-state index contributed by atoms with van der Waals surface area (Å²) in [6.45, 7) is 7.95. The Kier molecular flexibility index (Phi) is 12.1. The topological polar surface area (TPSA) is 162 Å². The summed E-state index contributed by atoms with van der Waals surface area (Å²) in [7, 11) is 3.25. The average molecular weight is 729 g/mol. The van der Waals surface area contributed by atoms with Gasteiger partial charge in [-0.3, -0.25) is 34.2 Å². The zero-order valence-electron chi connectivity index (χ0n) is 31.1. The molecule has 0 saturated carbocycles. The molecular formula is C40H48N4O9. The molecule has 2 aliphatic rings. The van der Waals surface area contributed by atoms with E-state index < -0.39 is 40.8 Å². The first-order valence-electron chi connectivity index (χ1n) is 17.7. The number of amides is 5. The Hall–Kier alpha value is -5.43. The Morgan fingerprint density at radius 2 is 1.58 bits per heavy atom. The number of benzene rings is 3. The van der Waals surface area contributed by atoms with Crippen LogP contribution in [-0.2, 0) is 32.0 Å².